The van der Waals surface area contributed by atoms with Crippen molar-refractivity contribution in [1.82, 2.24) is 4.68 Å². The van der Waals surface area contributed by atoms with Crippen molar-refractivity contribution >= 4 is 16.7 Å². The molecule has 3 rings (SSSR count). The third kappa shape index (κ3) is 3.78. The number of hydrogen-bond acceptors (Lipinski definition) is 1. The second-order valence-electron chi connectivity index (χ2n) is 5.89. The van der Waals surface area contributed by atoms with Gasteiger partial charge in [-0.1, -0.05) is 30.3 Å². The molecule has 0 aliphatic heterocycles. The molecule has 0 aliphatic carbocycles. The number of Topliss-reactive ketones (excluding diaryl/α,β-unsaturated/α-hetero) is 1. The van der Waals surface area contributed by atoms with Crippen molar-refractivity contribution in [3.05, 3.63) is 65.4 Å². The van der Waals surface area contributed by atoms with E-state index in [0.29, 0.717) is 13.0 Å². The van der Waals surface area contributed by atoms with Gasteiger partial charge in [0, 0.05) is 39.1 Å². The van der Waals surface area contributed by atoms with Crippen molar-refractivity contribution in [2.24, 2.45) is 7.05 Å². The maximum atomic E-state index is 12.5. The quantitative estimate of drug-likeness (QED) is 0.638. The minimum absolute atomic E-state index is 0. The summed E-state index contributed by atoms with van der Waals surface area (Å²) in [6.45, 7) is 4.54. The van der Waals surface area contributed by atoms with E-state index in [9.17, 15) is 4.79 Å². The standard InChI is InChI=1S/C19H21N2O.Y/c1-14-7-6-8-15(2)18(14)11-17(22)13-21-12-16-9-4-5-10-19(16)20(21)3;/h4-10,12H,11,13H2,1-3H3;/q+1;. The summed E-state index contributed by atoms with van der Waals surface area (Å²) in [7, 11) is 1.99. The molecule has 0 fully saturated rings. The molecule has 0 bridgehead atoms. The van der Waals surface area contributed by atoms with Crippen molar-refractivity contribution in [1.29, 1.82) is 0 Å². The van der Waals surface area contributed by atoms with Gasteiger partial charge in [-0.2, -0.15) is 4.68 Å². The molecule has 0 aliphatic rings. The number of benzene rings is 2. The molecule has 1 aromatic heterocycles. The summed E-state index contributed by atoms with van der Waals surface area (Å²) in [5, 5.41) is 1.16. The number of para-hydroxylation sites is 1. The van der Waals surface area contributed by atoms with Gasteiger partial charge in [0.1, 0.15) is 5.52 Å². The zero-order valence-corrected chi connectivity index (χ0v) is 16.8. The van der Waals surface area contributed by atoms with Gasteiger partial charge >= 0.3 is 0 Å². The summed E-state index contributed by atoms with van der Waals surface area (Å²) < 4.78 is 4.03. The molecule has 0 N–H and O–H groups in total. The number of nitrogens with zero attached hydrogens (tertiary/aromatic N) is 2. The fourth-order valence-electron chi connectivity index (χ4n) is 2.99. The summed E-state index contributed by atoms with van der Waals surface area (Å²) in [4.78, 5) is 12.5. The molecular formula is C19H21N2OY+. The maximum Gasteiger partial charge on any atom is 0.230 e. The van der Waals surface area contributed by atoms with E-state index < -0.39 is 0 Å². The van der Waals surface area contributed by atoms with Gasteiger partial charge in [0.25, 0.3) is 0 Å². The Bertz CT molecular complexity index is 831. The van der Waals surface area contributed by atoms with Crippen LogP contribution in [-0.2, 0) is 57.5 Å². The topological polar surface area (TPSA) is 25.9 Å². The van der Waals surface area contributed by atoms with Crippen molar-refractivity contribution in [3.63, 3.8) is 0 Å². The molecule has 3 nitrogen and oxygen atoms in total. The summed E-state index contributed by atoms with van der Waals surface area (Å²) in [5.74, 6) is 0.230. The Kier molecular flexibility index (Phi) is 5.88. The first-order chi connectivity index (χ1) is 10.6. The van der Waals surface area contributed by atoms with Crippen LogP contribution in [0.2, 0.25) is 0 Å². The van der Waals surface area contributed by atoms with Gasteiger partial charge in [0.15, 0.2) is 0 Å². The number of ketones is 1. The van der Waals surface area contributed by atoms with Crippen LogP contribution in [0.3, 0.4) is 0 Å². The predicted molar refractivity (Wildman–Crippen MR) is 87.7 cm³/mol. The van der Waals surface area contributed by atoms with E-state index in [0.717, 1.165) is 16.5 Å². The second kappa shape index (κ2) is 7.50. The van der Waals surface area contributed by atoms with Crippen LogP contribution >= 0.6 is 0 Å². The van der Waals surface area contributed by atoms with Crippen LogP contribution in [-0.4, -0.2) is 10.5 Å². The first-order valence-corrected chi connectivity index (χ1v) is 7.57. The van der Waals surface area contributed by atoms with Crippen LogP contribution in [0.5, 0.6) is 0 Å². The largest absolute Gasteiger partial charge is 0.292 e. The molecule has 3 aromatic rings. The molecule has 115 valence electrons. The zero-order chi connectivity index (χ0) is 15.7. The Morgan fingerprint density at radius 3 is 2.35 bits per heavy atom. The first kappa shape index (κ1) is 18.0. The molecule has 0 saturated heterocycles. The Hall–Kier alpha value is -1.32. The summed E-state index contributed by atoms with van der Waals surface area (Å²) >= 11 is 0. The Morgan fingerprint density at radius 1 is 1.04 bits per heavy atom. The van der Waals surface area contributed by atoms with E-state index >= 15 is 0 Å². The minimum Gasteiger partial charge on any atom is -0.292 e. The smallest absolute Gasteiger partial charge is 0.230 e. The zero-order valence-electron chi connectivity index (χ0n) is 13.9. The van der Waals surface area contributed by atoms with Crippen molar-refractivity contribution in [2.45, 2.75) is 26.8 Å². The van der Waals surface area contributed by atoms with Gasteiger partial charge in [-0.25, -0.2) is 0 Å². The molecule has 2 aromatic carbocycles. The van der Waals surface area contributed by atoms with Crippen LogP contribution in [0.1, 0.15) is 16.7 Å². The predicted octanol–water partition coefficient (Wildman–Crippen LogP) is 2.89. The molecule has 0 saturated carbocycles. The first-order valence-electron chi connectivity index (χ1n) is 7.57. The molecule has 0 amide bonds. The third-order valence-corrected chi connectivity index (χ3v) is 4.32. The Morgan fingerprint density at radius 2 is 1.70 bits per heavy atom. The second-order valence-corrected chi connectivity index (χ2v) is 5.89. The van der Waals surface area contributed by atoms with Crippen LogP contribution in [0, 0.1) is 13.8 Å². The van der Waals surface area contributed by atoms with Gasteiger partial charge in [0.2, 0.25) is 18.5 Å². The Labute approximate surface area is 162 Å². The summed E-state index contributed by atoms with van der Waals surface area (Å²) in [6, 6.07) is 14.4. The van der Waals surface area contributed by atoms with E-state index in [4.69, 9.17) is 0 Å². The molecule has 1 radical (unpaired) electrons. The number of carbonyl (C=O) groups excluding carboxylic acids is 1. The van der Waals surface area contributed by atoms with Gasteiger partial charge in [-0.3, -0.25) is 4.79 Å². The van der Waals surface area contributed by atoms with Gasteiger partial charge < -0.3 is 0 Å². The average Bonchev–Trinajstić information content (AvgIpc) is 2.80. The minimum atomic E-state index is 0. The number of hydrogen-bond donors (Lipinski definition) is 0. The van der Waals surface area contributed by atoms with Crippen molar-refractivity contribution < 1.29 is 42.2 Å². The van der Waals surface area contributed by atoms with Crippen LogP contribution in [0.25, 0.3) is 10.9 Å². The molecular weight excluding hydrogens is 361 g/mol. The van der Waals surface area contributed by atoms with E-state index in [1.54, 1.807) is 0 Å². The normalized spacial score (nSPS) is 10.6. The van der Waals surface area contributed by atoms with Gasteiger partial charge in [-0.05, 0) is 42.7 Å². The molecule has 4 heteroatoms. The number of fused-ring (bicyclic) bond motifs is 1. The number of carbonyl (C=O) groups is 1. The fourth-order valence-corrected chi connectivity index (χ4v) is 2.99. The third-order valence-electron chi connectivity index (χ3n) is 4.32. The van der Waals surface area contributed by atoms with Crippen LogP contribution in [0.15, 0.2) is 48.7 Å². The fraction of sp³-hybridized carbons (Fsp3) is 0.263. The van der Waals surface area contributed by atoms with Gasteiger partial charge in [-0.15, -0.1) is 4.68 Å². The SMILES string of the molecule is Cc1cccc(C)c1CC(=O)C[n+]1cc2ccccc2n1C.[Y]. The molecule has 23 heavy (non-hydrogen) atoms. The van der Waals surface area contributed by atoms with Crippen molar-refractivity contribution in [3.8, 4) is 0 Å². The molecule has 1 heterocycles. The number of aromatic nitrogens is 2. The molecule has 0 atom stereocenters. The molecule has 0 spiro atoms. The van der Waals surface area contributed by atoms with E-state index in [1.165, 1.54) is 11.1 Å². The number of rotatable bonds is 4. The van der Waals surface area contributed by atoms with Crippen LogP contribution < -0.4 is 4.68 Å². The Balaban J connectivity index is 0.00000192. The maximum absolute atomic E-state index is 12.5. The van der Waals surface area contributed by atoms with Crippen LogP contribution in [0.4, 0.5) is 0 Å². The summed E-state index contributed by atoms with van der Waals surface area (Å²) in [5.41, 5.74) is 4.68. The van der Waals surface area contributed by atoms with E-state index in [2.05, 4.69) is 38.1 Å². The average molecular weight is 382 g/mol. The summed E-state index contributed by atoms with van der Waals surface area (Å²) in [6.07, 6.45) is 2.53. The monoisotopic (exact) mass is 382 g/mol. The molecule has 0 unspecified atom stereocenters. The van der Waals surface area contributed by atoms with E-state index in [-0.39, 0.29) is 38.5 Å². The van der Waals surface area contributed by atoms with Gasteiger partial charge in [0.05, 0.1) is 12.4 Å². The number of aryl methyl sites for hydroxylation is 3. The van der Waals surface area contributed by atoms with Crippen molar-refractivity contribution in [2.75, 3.05) is 0 Å². The van der Waals surface area contributed by atoms with E-state index in [1.807, 2.05) is 40.8 Å².